The Morgan fingerprint density at radius 3 is 2.56 bits per heavy atom. The number of aryl methyl sites for hydroxylation is 1. The Bertz CT molecular complexity index is 1860. The summed E-state index contributed by atoms with van der Waals surface area (Å²) in [5, 5.41) is 15.3. The van der Waals surface area contributed by atoms with Gasteiger partial charge in [-0.3, -0.25) is 24.3 Å². The summed E-state index contributed by atoms with van der Waals surface area (Å²) < 4.78 is 0. The van der Waals surface area contributed by atoms with Crippen LogP contribution in [-0.4, -0.2) is 37.0 Å². The zero-order valence-electron chi connectivity index (χ0n) is 21.5. The third-order valence-corrected chi connectivity index (χ3v) is 6.94. The number of fused-ring (bicyclic) bond motifs is 1. The van der Waals surface area contributed by atoms with Crippen LogP contribution >= 0.6 is 0 Å². The van der Waals surface area contributed by atoms with E-state index in [2.05, 4.69) is 41.1 Å². The van der Waals surface area contributed by atoms with E-state index in [9.17, 15) is 19.2 Å². The van der Waals surface area contributed by atoms with Gasteiger partial charge in [-0.25, -0.2) is 15.0 Å². The first-order chi connectivity index (χ1) is 19.9. The number of nitrogen functional groups attached to an aromatic ring is 1. The SMILES string of the molecule is Nc1c(Nc2cccc(CNC(=O)c3cc(C(=O)N[C@H]4CCc5cc(-c6ncn[nH]6)ccc54)ncn3)c2)c(=O)c1=O. The summed E-state index contributed by atoms with van der Waals surface area (Å²) in [6.45, 7) is 0.149. The van der Waals surface area contributed by atoms with Crippen molar-refractivity contribution in [1.82, 2.24) is 35.8 Å². The Kier molecular flexibility index (Phi) is 6.51. The van der Waals surface area contributed by atoms with Gasteiger partial charge in [0.1, 0.15) is 35.4 Å². The van der Waals surface area contributed by atoms with Crippen LogP contribution in [0.25, 0.3) is 11.4 Å². The second kappa shape index (κ2) is 10.4. The number of anilines is 3. The van der Waals surface area contributed by atoms with Gasteiger partial charge < -0.3 is 21.7 Å². The molecule has 3 aromatic carbocycles. The van der Waals surface area contributed by atoms with Gasteiger partial charge in [-0.15, -0.1) is 0 Å². The van der Waals surface area contributed by atoms with Crippen LogP contribution in [0.3, 0.4) is 0 Å². The van der Waals surface area contributed by atoms with Crippen LogP contribution in [0.1, 0.15) is 50.1 Å². The fourth-order valence-corrected chi connectivity index (χ4v) is 4.81. The third kappa shape index (κ3) is 5.03. The van der Waals surface area contributed by atoms with Gasteiger partial charge in [0.2, 0.25) is 0 Å². The Hall–Kier alpha value is -5.72. The molecule has 1 aliphatic rings. The number of nitrogens with two attached hydrogens (primary N) is 1. The quantitative estimate of drug-likeness (QED) is 0.177. The zero-order chi connectivity index (χ0) is 28.5. The minimum Gasteiger partial charge on any atom is -0.394 e. The van der Waals surface area contributed by atoms with Gasteiger partial charge in [0.25, 0.3) is 22.7 Å². The number of aromatic amines is 1. The van der Waals surface area contributed by atoms with Crippen molar-refractivity contribution in [3.8, 4) is 11.4 Å². The summed E-state index contributed by atoms with van der Waals surface area (Å²) in [6.07, 6.45) is 4.17. The number of rotatable bonds is 8. The summed E-state index contributed by atoms with van der Waals surface area (Å²) >= 11 is 0. The molecular weight excluding hydrogens is 526 g/mol. The molecule has 0 fully saturated rings. The van der Waals surface area contributed by atoms with Gasteiger partial charge in [-0.1, -0.05) is 24.3 Å². The van der Waals surface area contributed by atoms with Crippen molar-refractivity contribution in [3.05, 3.63) is 110 Å². The number of amides is 2. The summed E-state index contributed by atoms with van der Waals surface area (Å²) in [5.41, 5.74) is 8.60. The molecule has 41 heavy (non-hydrogen) atoms. The molecule has 2 aromatic heterocycles. The molecule has 6 rings (SSSR count). The molecule has 13 heteroatoms. The van der Waals surface area contributed by atoms with E-state index < -0.39 is 22.7 Å². The number of hydrogen-bond acceptors (Lipinski definition) is 10. The molecule has 0 aliphatic heterocycles. The second-order valence-electron chi connectivity index (χ2n) is 9.56. The Morgan fingerprint density at radius 2 is 1.78 bits per heavy atom. The van der Waals surface area contributed by atoms with E-state index in [-0.39, 0.29) is 35.3 Å². The smallest absolute Gasteiger partial charge is 0.270 e. The molecule has 6 N–H and O–H groups in total. The van der Waals surface area contributed by atoms with Gasteiger partial charge in [0, 0.05) is 23.9 Å². The highest BCUT2D eigenvalue weighted by Crippen LogP contribution is 2.33. The molecule has 0 unspecified atom stereocenters. The molecule has 0 spiro atoms. The monoisotopic (exact) mass is 549 g/mol. The van der Waals surface area contributed by atoms with Crippen molar-refractivity contribution in [2.24, 2.45) is 0 Å². The fourth-order valence-electron chi connectivity index (χ4n) is 4.81. The summed E-state index contributed by atoms with van der Waals surface area (Å²) in [7, 11) is 0. The first-order valence-corrected chi connectivity index (χ1v) is 12.7. The number of aromatic nitrogens is 5. The first kappa shape index (κ1) is 25.6. The highest BCUT2D eigenvalue weighted by molar-refractivity contribution is 5.97. The molecular formula is C28H23N9O4. The number of carbonyl (C=O) groups is 2. The van der Waals surface area contributed by atoms with Crippen LogP contribution in [-0.2, 0) is 13.0 Å². The maximum atomic E-state index is 13.0. The van der Waals surface area contributed by atoms with E-state index in [0.717, 1.165) is 35.1 Å². The molecule has 0 radical (unpaired) electrons. The van der Waals surface area contributed by atoms with Crippen molar-refractivity contribution in [3.63, 3.8) is 0 Å². The highest BCUT2D eigenvalue weighted by atomic mass is 16.2. The molecule has 2 amide bonds. The minimum absolute atomic E-state index is 0.0412. The maximum absolute atomic E-state index is 13.0. The highest BCUT2D eigenvalue weighted by Gasteiger charge is 2.26. The molecule has 2 heterocycles. The average molecular weight is 550 g/mol. The first-order valence-electron chi connectivity index (χ1n) is 12.7. The fraction of sp³-hybridized carbons (Fsp3) is 0.143. The van der Waals surface area contributed by atoms with E-state index in [1.54, 1.807) is 24.3 Å². The number of carbonyl (C=O) groups excluding carboxylic acids is 2. The lowest BCUT2D eigenvalue weighted by Crippen LogP contribution is -2.36. The van der Waals surface area contributed by atoms with Crippen molar-refractivity contribution >= 4 is 28.9 Å². The summed E-state index contributed by atoms with van der Waals surface area (Å²) in [4.78, 5) is 61.1. The van der Waals surface area contributed by atoms with Crippen molar-refractivity contribution in [1.29, 1.82) is 0 Å². The number of H-pyrrole nitrogens is 1. The van der Waals surface area contributed by atoms with Gasteiger partial charge in [0.05, 0.1) is 6.04 Å². The van der Waals surface area contributed by atoms with E-state index >= 15 is 0 Å². The third-order valence-electron chi connectivity index (χ3n) is 6.94. The van der Waals surface area contributed by atoms with Crippen LogP contribution in [0.5, 0.6) is 0 Å². The molecule has 1 aliphatic carbocycles. The van der Waals surface area contributed by atoms with Gasteiger partial charge in [0.15, 0.2) is 5.82 Å². The average Bonchev–Trinajstić information content (AvgIpc) is 3.69. The molecule has 0 saturated carbocycles. The molecule has 1 atom stereocenters. The van der Waals surface area contributed by atoms with Crippen molar-refractivity contribution in [2.75, 3.05) is 11.1 Å². The Balaban J connectivity index is 1.08. The number of benzene rings is 2. The zero-order valence-corrected chi connectivity index (χ0v) is 21.5. The van der Waals surface area contributed by atoms with Crippen LogP contribution in [0.2, 0.25) is 0 Å². The minimum atomic E-state index is -0.709. The summed E-state index contributed by atoms with van der Waals surface area (Å²) in [6, 6.07) is 14.0. The molecule has 5 aromatic rings. The Labute approximate surface area is 232 Å². The lowest BCUT2D eigenvalue weighted by molar-refractivity contribution is 0.0931. The second-order valence-corrected chi connectivity index (χ2v) is 9.56. The predicted molar refractivity (Wildman–Crippen MR) is 149 cm³/mol. The summed E-state index contributed by atoms with van der Waals surface area (Å²) in [5.74, 6) is -0.213. The van der Waals surface area contributed by atoms with Gasteiger partial charge >= 0.3 is 0 Å². The molecule has 0 bridgehead atoms. The van der Waals surface area contributed by atoms with Crippen molar-refractivity contribution in [2.45, 2.75) is 25.4 Å². The molecule has 0 saturated heterocycles. The van der Waals surface area contributed by atoms with Crippen molar-refractivity contribution < 1.29 is 9.59 Å². The number of hydrogen-bond donors (Lipinski definition) is 5. The normalized spacial score (nSPS) is 14.0. The molecule has 13 nitrogen and oxygen atoms in total. The van der Waals surface area contributed by atoms with E-state index in [1.165, 1.54) is 18.7 Å². The largest absolute Gasteiger partial charge is 0.394 e. The Morgan fingerprint density at radius 1 is 0.951 bits per heavy atom. The maximum Gasteiger partial charge on any atom is 0.270 e. The van der Waals surface area contributed by atoms with Crippen LogP contribution < -0.4 is 32.5 Å². The van der Waals surface area contributed by atoms with Crippen LogP contribution in [0.15, 0.2) is 70.8 Å². The van der Waals surface area contributed by atoms with Gasteiger partial charge in [-0.2, -0.15) is 5.10 Å². The lowest BCUT2D eigenvalue weighted by Gasteiger charge is -2.14. The van der Waals surface area contributed by atoms with E-state index in [4.69, 9.17) is 5.73 Å². The standard InChI is InChI=1S/C28H23N9O4/c29-22-23(25(39)24(22)38)35-17-3-1-2-14(8-17)11-30-27(40)20-10-21(32-12-31-20)28(41)36-19-7-5-15-9-16(4-6-18(15)19)26-33-13-34-37-26/h1-4,6,8-10,12-13,19,35H,5,7,11,29H2,(H,30,40)(H,36,41)(H,33,34,37)/t19-/m0/s1. The number of nitrogens with one attached hydrogen (secondary N) is 4. The van der Waals surface area contributed by atoms with Crippen LogP contribution in [0, 0.1) is 0 Å². The number of nitrogens with zero attached hydrogens (tertiary/aromatic N) is 4. The topological polar surface area (TPSA) is 198 Å². The molecule has 204 valence electrons. The van der Waals surface area contributed by atoms with E-state index in [0.29, 0.717) is 11.5 Å². The van der Waals surface area contributed by atoms with Crippen LogP contribution in [0.4, 0.5) is 17.1 Å². The lowest BCUT2D eigenvalue weighted by atomic mass is 10.0. The van der Waals surface area contributed by atoms with Gasteiger partial charge in [-0.05, 0) is 47.7 Å². The predicted octanol–water partition coefficient (Wildman–Crippen LogP) is 1.53. The van der Waals surface area contributed by atoms with E-state index in [1.807, 2.05) is 18.2 Å².